The molecule has 138 valence electrons. The number of aliphatic hydroxyl groups excluding tert-OH is 1. The molecule has 9 nitrogen and oxygen atoms in total. The van der Waals surface area contributed by atoms with E-state index in [4.69, 9.17) is 5.73 Å². The van der Waals surface area contributed by atoms with Crippen LogP contribution in [0.15, 0.2) is 24.4 Å². The molecule has 0 saturated heterocycles. The van der Waals surface area contributed by atoms with Gasteiger partial charge in [-0.25, -0.2) is 9.78 Å². The minimum Gasteiger partial charge on any atom is -0.393 e. The van der Waals surface area contributed by atoms with Crippen LogP contribution in [0.3, 0.4) is 0 Å². The standard InChI is InChI=1S/C16H18IN5O4/c17-26-16(25)20-8-1-3-10-12(5-8)21-14(24)6-9(23)2-4-11(18)15-19-7-13(10)22-15/h1,3,5,7,9,11,23H,2,4,6,18H2,(H,19,22)(H,20,25)(H,21,24)/t9?,11-/m0/s1. The Kier molecular flexibility index (Phi) is 5.74. The molecule has 2 heterocycles. The highest BCUT2D eigenvalue weighted by molar-refractivity contribution is 14.1. The fraction of sp³-hybridized carbons (Fsp3) is 0.312. The van der Waals surface area contributed by atoms with Gasteiger partial charge in [-0.3, -0.25) is 10.1 Å². The van der Waals surface area contributed by atoms with Gasteiger partial charge in [-0.2, -0.15) is 0 Å². The van der Waals surface area contributed by atoms with Crippen LogP contribution in [0.2, 0.25) is 0 Å². The number of aromatic nitrogens is 2. The topological polar surface area (TPSA) is 142 Å². The number of hydrogen-bond acceptors (Lipinski definition) is 6. The number of aliphatic hydroxyl groups is 1. The predicted octanol–water partition coefficient (Wildman–Crippen LogP) is 2.46. The minimum absolute atomic E-state index is 0.0431. The van der Waals surface area contributed by atoms with Gasteiger partial charge in [0.25, 0.3) is 0 Å². The number of nitrogens with one attached hydrogen (secondary N) is 3. The van der Waals surface area contributed by atoms with Crippen LogP contribution < -0.4 is 16.4 Å². The first kappa shape index (κ1) is 18.6. The van der Waals surface area contributed by atoms with Crippen molar-refractivity contribution < 1.29 is 17.8 Å². The minimum atomic E-state index is -0.798. The third-order valence-corrected chi connectivity index (χ3v) is 4.47. The number of hydrogen-bond donors (Lipinski definition) is 5. The van der Waals surface area contributed by atoms with E-state index in [-0.39, 0.29) is 18.4 Å². The average molecular weight is 471 g/mol. The van der Waals surface area contributed by atoms with Crippen molar-refractivity contribution in [1.29, 1.82) is 0 Å². The molecule has 10 heteroatoms. The molecule has 2 aromatic rings. The molecular weight excluding hydrogens is 453 g/mol. The van der Waals surface area contributed by atoms with Gasteiger partial charge in [-0.05, 0) is 31.0 Å². The van der Waals surface area contributed by atoms with Crippen LogP contribution in [-0.4, -0.2) is 33.2 Å². The zero-order valence-electron chi connectivity index (χ0n) is 13.7. The molecule has 0 radical (unpaired) electrons. The molecular formula is C16H18IN5O4. The van der Waals surface area contributed by atoms with E-state index in [0.29, 0.717) is 41.3 Å². The molecule has 0 fully saturated rings. The largest absolute Gasteiger partial charge is 0.421 e. The molecule has 6 N–H and O–H groups in total. The van der Waals surface area contributed by atoms with Gasteiger partial charge in [0.2, 0.25) is 5.91 Å². The van der Waals surface area contributed by atoms with E-state index >= 15 is 0 Å². The lowest BCUT2D eigenvalue weighted by atomic mass is 10.0. The first-order valence-electron chi connectivity index (χ1n) is 7.99. The zero-order chi connectivity index (χ0) is 18.7. The molecule has 1 aliphatic rings. The van der Waals surface area contributed by atoms with Crippen LogP contribution >= 0.6 is 23.0 Å². The molecule has 0 saturated carbocycles. The van der Waals surface area contributed by atoms with Gasteiger partial charge in [0.05, 0.1) is 29.9 Å². The lowest BCUT2D eigenvalue weighted by Gasteiger charge is -2.16. The molecule has 3 rings (SSSR count). The molecule has 2 amide bonds. The number of halogens is 1. The number of carbonyl (C=O) groups is 2. The van der Waals surface area contributed by atoms with Gasteiger partial charge in [0, 0.05) is 17.4 Å². The van der Waals surface area contributed by atoms with Crippen molar-refractivity contribution in [2.75, 3.05) is 10.6 Å². The Morgan fingerprint density at radius 3 is 3.00 bits per heavy atom. The Hall–Kier alpha value is -2.18. The van der Waals surface area contributed by atoms with Crippen molar-refractivity contribution in [2.24, 2.45) is 5.73 Å². The summed E-state index contributed by atoms with van der Waals surface area (Å²) in [5, 5.41) is 15.4. The van der Waals surface area contributed by atoms with E-state index in [2.05, 4.69) is 23.7 Å². The Bertz CT molecular complexity index is 825. The van der Waals surface area contributed by atoms with Crippen molar-refractivity contribution in [3.63, 3.8) is 0 Å². The Labute approximate surface area is 163 Å². The number of carbonyl (C=O) groups excluding carboxylic acids is 2. The fourth-order valence-corrected chi connectivity index (χ4v) is 2.89. The fourth-order valence-electron chi connectivity index (χ4n) is 2.78. The summed E-state index contributed by atoms with van der Waals surface area (Å²) >= 11 is 1.48. The van der Waals surface area contributed by atoms with E-state index in [0.717, 1.165) is 0 Å². The average Bonchev–Trinajstić information content (AvgIpc) is 3.09. The van der Waals surface area contributed by atoms with Crippen LogP contribution in [0.1, 0.15) is 31.1 Å². The van der Waals surface area contributed by atoms with Gasteiger partial charge in [-0.1, -0.05) is 0 Å². The van der Waals surface area contributed by atoms with E-state index in [9.17, 15) is 14.7 Å². The lowest BCUT2D eigenvalue weighted by Crippen LogP contribution is -2.22. The highest BCUT2D eigenvalue weighted by Crippen LogP contribution is 2.31. The van der Waals surface area contributed by atoms with Gasteiger partial charge in [0.15, 0.2) is 23.0 Å². The van der Waals surface area contributed by atoms with E-state index < -0.39 is 12.2 Å². The van der Waals surface area contributed by atoms with Gasteiger partial charge >= 0.3 is 6.09 Å². The second-order valence-corrected chi connectivity index (χ2v) is 6.45. The summed E-state index contributed by atoms with van der Waals surface area (Å²) < 4.78 is 4.55. The summed E-state index contributed by atoms with van der Waals surface area (Å²) in [5.74, 6) is 0.276. The number of aromatic amines is 1. The highest BCUT2D eigenvalue weighted by Gasteiger charge is 2.20. The number of fused-ring (bicyclic) bond motifs is 4. The number of benzene rings is 1. The lowest BCUT2D eigenvalue weighted by molar-refractivity contribution is -0.118. The van der Waals surface area contributed by atoms with E-state index in [1.807, 2.05) is 0 Å². The van der Waals surface area contributed by atoms with E-state index in [1.165, 1.54) is 23.0 Å². The Balaban J connectivity index is 2.01. The summed E-state index contributed by atoms with van der Waals surface area (Å²) in [6.45, 7) is 0. The molecule has 1 aromatic carbocycles. The van der Waals surface area contributed by atoms with Crippen molar-refractivity contribution in [2.45, 2.75) is 31.4 Å². The third-order valence-electron chi connectivity index (χ3n) is 4.07. The van der Waals surface area contributed by atoms with E-state index in [1.54, 1.807) is 24.4 Å². The first-order valence-corrected chi connectivity index (χ1v) is 8.87. The van der Waals surface area contributed by atoms with Crippen LogP contribution in [0, 0.1) is 0 Å². The molecule has 0 aliphatic carbocycles. The zero-order valence-corrected chi connectivity index (χ0v) is 15.8. The second-order valence-electron chi connectivity index (χ2n) is 6.01. The first-order chi connectivity index (χ1) is 12.5. The second kappa shape index (κ2) is 8.01. The number of anilines is 2. The summed E-state index contributed by atoms with van der Waals surface area (Å²) in [5.41, 5.74) is 8.30. The van der Waals surface area contributed by atoms with Crippen LogP contribution in [-0.2, 0) is 7.86 Å². The predicted molar refractivity (Wildman–Crippen MR) is 104 cm³/mol. The Morgan fingerprint density at radius 1 is 1.42 bits per heavy atom. The molecule has 1 aromatic heterocycles. The molecule has 1 aliphatic heterocycles. The molecule has 2 atom stereocenters. The van der Waals surface area contributed by atoms with Gasteiger partial charge in [0.1, 0.15) is 5.82 Å². The molecule has 0 spiro atoms. The quantitative estimate of drug-likeness (QED) is 0.405. The Morgan fingerprint density at radius 2 is 2.23 bits per heavy atom. The number of rotatable bonds is 1. The van der Waals surface area contributed by atoms with Crippen molar-refractivity contribution in [3.8, 4) is 11.3 Å². The molecule has 2 bridgehead atoms. The van der Waals surface area contributed by atoms with Gasteiger partial charge in [-0.15, -0.1) is 0 Å². The maximum atomic E-state index is 12.3. The van der Waals surface area contributed by atoms with Crippen LogP contribution in [0.25, 0.3) is 11.3 Å². The number of nitrogens with two attached hydrogens (primary N) is 1. The van der Waals surface area contributed by atoms with Crippen molar-refractivity contribution in [3.05, 3.63) is 30.2 Å². The summed E-state index contributed by atoms with van der Waals surface area (Å²) in [7, 11) is 0. The normalized spacial score (nSPS) is 20.2. The number of imidazole rings is 1. The van der Waals surface area contributed by atoms with Crippen molar-refractivity contribution in [1.82, 2.24) is 9.97 Å². The maximum Gasteiger partial charge on any atom is 0.421 e. The molecule has 1 unspecified atom stereocenters. The summed E-state index contributed by atoms with van der Waals surface area (Å²) in [4.78, 5) is 31.2. The van der Waals surface area contributed by atoms with Gasteiger partial charge < -0.3 is 24.2 Å². The summed E-state index contributed by atoms with van der Waals surface area (Å²) in [6.07, 6.45) is 1.14. The number of nitrogens with zero attached hydrogens (tertiary/aromatic N) is 1. The van der Waals surface area contributed by atoms with Crippen LogP contribution in [0.4, 0.5) is 16.2 Å². The smallest absolute Gasteiger partial charge is 0.393 e. The third kappa shape index (κ3) is 4.31. The van der Waals surface area contributed by atoms with Crippen molar-refractivity contribution >= 4 is 46.4 Å². The molecule has 26 heavy (non-hydrogen) atoms. The summed E-state index contributed by atoms with van der Waals surface area (Å²) in [6, 6.07) is 4.65. The SMILES string of the molecule is N[C@H]1CCC(O)CC(=O)Nc2cc(NC(=O)OI)ccc2-c2c[nH]c1n2. The highest BCUT2D eigenvalue weighted by atomic mass is 127. The maximum absolute atomic E-state index is 12.3. The number of H-pyrrole nitrogens is 1. The monoisotopic (exact) mass is 471 g/mol. The number of amides is 2. The van der Waals surface area contributed by atoms with Crippen LogP contribution in [0.5, 0.6) is 0 Å².